The molecule has 2 heterocycles. The summed E-state index contributed by atoms with van der Waals surface area (Å²) in [6.07, 6.45) is -1.04. The number of halogens is 3. The summed E-state index contributed by atoms with van der Waals surface area (Å²) < 4.78 is 54.7. The number of aromatic nitrogens is 1. The van der Waals surface area contributed by atoms with Crippen molar-refractivity contribution in [2.75, 3.05) is 18.6 Å². The third-order valence-electron chi connectivity index (χ3n) is 6.70. The summed E-state index contributed by atoms with van der Waals surface area (Å²) in [6.45, 7) is 2.74. The SMILES string of the molecule is COc1cc(F)c([C@@H]2CN(c3c(C)ccn(CC(C)O)c3=O)C(=O)[C@H]2NC(=O)c2ccc(OC(F)P)cc2)c(F)c1. The minimum Gasteiger partial charge on any atom is -0.497 e. The first-order valence-corrected chi connectivity index (χ1v) is 13.3. The van der Waals surface area contributed by atoms with Gasteiger partial charge in [0.1, 0.15) is 34.9 Å². The molecule has 3 aromatic rings. The number of hydrogen-bond acceptors (Lipinski definition) is 6. The van der Waals surface area contributed by atoms with Gasteiger partial charge in [0, 0.05) is 41.9 Å². The molecule has 1 aliphatic rings. The third-order valence-corrected chi connectivity index (χ3v) is 6.83. The van der Waals surface area contributed by atoms with Crippen LogP contribution in [0.3, 0.4) is 0 Å². The van der Waals surface area contributed by atoms with E-state index in [-0.39, 0.29) is 35.8 Å². The van der Waals surface area contributed by atoms with Gasteiger partial charge in [0.15, 0.2) is 0 Å². The number of ether oxygens (including phenoxy) is 2. The molecule has 3 unspecified atom stereocenters. The van der Waals surface area contributed by atoms with E-state index in [0.29, 0.717) is 5.56 Å². The van der Waals surface area contributed by atoms with Crippen molar-refractivity contribution in [3.05, 3.63) is 87.3 Å². The predicted molar refractivity (Wildman–Crippen MR) is 148 cm³/mol. The van der Waals surface area contributed by atoms with Crippen molar-refractivity contribution in [2.45, 2.75) is 44.6 Å². The summed E-state index contributed by atoms with van der Waals surface area (Å²) in [5.41, 5.74) is -0.580. The molecule has 41 heavy (non-hydrogen) atoms. The van der Waals surface area contributed by atoms with Crippen LogP contribution in [0.25, 0.3) is 0 Å². The maximum atomic E-state index is 15.3. The Hall–Kier alpha value is -3.89. The molecule has 2 aromatic carbocycles. The number of aliphatic hydroxyl groups is 1. The molecule has 5 atom stereocenters. The van der Waals surface area contributed by atoms with Gasteiger partial charge in [-0.2, -0.15) is 4.39 Å². The second-order valence-electron chi connectivity index (χ2n) is 9.66. The van der Waals surface area contributed by atoms with Gasteiger partial charge in [-0.05, 0) is 49.7 Å². The molecule has 2 amide bonds. The van der Waals surface area contributed by atoms with Gasteiger partial charge >= 0.3 is 0 Å². The van der Waals surface area contributed by atoms with Gasteiger partial charge in [-0.3, -0.25) is 14.4 Å². The molecule has 1 saturated heterocycles. The van der Waals surface area contributed by atoms with Crippen molar-refractivity contribution >= 4 is 26.7 Å². The largest absolute Gasteiger partial charge is 0.497 e. The van der Waals surface area contributed by atoms with Gasteiger partial charge < -0.3 is 29.4 Å². The number of pyridine rings is 1. The predicted octanol–water partition coefficient (Wildman–Crippen LogP) is 3.26. The Kier molecular flexibility index (Phi) is 9.04. The Morgan fingerprint density at radius 2 is 1.78 bits per heavy atom. The van der Waals surface area contributed by atoms with E-state index in [0.717, 1.165) is 17.0 Å². The highest BCUT2D eigenvalue weighted by atomic mass is 31.0. The molecule has 0 bridgehead atoms. The number of nitrogens with one attached hydrogen (secondary N) is 1. The molecule has 13 heteroatoms. The first kappa shape index (κ1) is 30.1. The van der Waals surface area contributed by atoms with Crippen molar-refractivity contribution in [3.8, 4) is 11.5 Å². The van der Waals surface area contributed by atoms with Gasteiger partial charge in [0.05, 0.1) is 19.8 Å². The lowest BCUT2D eigenvalue weighted by atomic mass is 9.92. The number of aryl methyl sites for hydroxylation is 1. The molecule has 0 aliphatic carbocycles. The van der Waals surface area contributed by atoms with E-state index in [2.05, 4.69) is 5.32 Å². The van der Waals surface area contributed by atoms with Crippen molar-refractivity contribution in [1.29, 1.82) is 0 Å². The lowest BCUT2D eigenvalue weighted by Crippen LogP contribution is -2.45. The zero-order chi connectivity index (χ0) is 30.0. The average molecular weight is 592 g/mol. The van der Waals surface area contributed by atoms with Crippen LogP contribution in [0.15, 0.2) is 53.5 Å². The van der Waals surface area contributed by atoms with E-state index in [1.807, 2.05) is 9.24 Å². The Balaban J connectivity index is 1.75. The highest BCUT2D eigenvalue weighted by Gasteiger charge is 2.46. The summed E-state index contributed by atoms with van der Waals surface area (Å²) in [5.74, 6) is -4.62. The van der Waals surface area contributed by atoms with Crippen molar-refractivity contribution < 1.29 is 37.3 Å². The van der Waals surface area contributed by atoms with Crippen LogP contribution >= 0.6 is 9.24 Å². The van der Waals surface area contributed by atoms with Crippen LogP contribution in [0.5, 0.6) is 11.5 Å². The van der Waals surface area contributed by atoms with Crippen molar-refractivity contribution in [3.63, 3.8) is 0 Å². The molecule has 1 aromatic heterocycles. The number of carbonyl (C=O) groups excluding carboxylic acids is 2. The zero-order valence-corrected chi connectivity index (χ0v) is 23.6. The van der Waals surface area contributed by atoms with Crippen LogP contribution in [-0.4, -0.2) is 53.4 Å². The summed E-state index contributed by atoms with van der Waals surface area (Å²) in [6, 6.07) is 7.46. The zero-order valence-electron chi connectivity index (χ0n) is 22.4. The molecule has 9 nitrogen and oxygen atoms in total. The number of rotatable bonds is 9. The quantitative estimate of drug-likeness (QED) is 0.370. The van der Waals surface area contributed by atoms with Gasteiger partial charge in [-0.25, -0.2) is 8.78 Å². The van der Waals surface area contributed by atoms with E-state index < -0.39 is 58.7 Å². The Labute approximate surface area is 236 Å². The van der Waals surface area contributed by atoms with Crippen LogP contribution in [0.4, 0.5) is 18.9 Å². The number of amides is 2. The number of hydrogen-bond donors (Lipinski definition) is 2. The molecule has 1 aliphatic heterocycles. The van der Waals surface area contributed by atoms with E-state index >= 15 is 8.78 Å². The fourth-order valence-electron chi connectivity index (χ4n) is 4.84. The van der Waals surface area contributed by atoms with Crippen LogP contribution in [-0.2, 0) is 11.3 Å². The molecule has 0 saturated carbocycles. The highest BCUT2D eigenvalue weighted by molar-refractivity contribution is 7.16. The van der Waals surface area contributed by atoms with E-state index in [1.165, 1.54) is 49.1 Å². The number of nitrogens with zero attached hydrogens (tertiary/aromatic N) is 2. The Morgan fingerprint density at radius 3 is 2.34 bits per heavy atom. The fraction of sp³-hybridized carbons (Fsp3) is 0.321. The smallest absolute Gasteiger partial charge is 0.274 e. The minimum absolute atomic E-state index is 0.0334. The highest BCUT2D eigenvalue weighted by Crippen LogP contribution is 2.36. The first-order chi connectivity index (χ1) is 19.4. The fourth-order valence-corrected chi connectivity index (χ4v) is 4.99. The Morgan fingerprint density at radius 1 is 1.15 bits per heavy atom. The summed E-state index contributed by atoms with van der Waals surface area (Å²) >= 11 is 0. The molecular formula is C28H29F3N3O6P. The summed E-state index contributed by atoms with van der Waals surface area (Å²) in [4.78, 5) is 41.4. The topological polar surface area (TPSA) is 110 Å². The van der Waals surface area contributed by atoms with E-state index in [9.17, 15) is 23.9 Å². The number of aliphatic hydroxyl groups excluding tert-OH is 1. The van der Waals surface area contributed by atoms with Crippen LogP contribution < -0.4 is 25.2 Å². The normalized spacial score (nSPS) is 18.2. The molecule has 218 valence electrons. The van der Waals surface area contributed by atoms with Crippen LogP contribution in [0.1, 0.15) is 34.3 Å². The standard InChI is InChI=1S/C28H29F3N3O6P/c1-14-8-9-33(12-15(2)35)27(38)24(14)34-13-19(22-20(29)10-18(39-3)11-21(22)30)23(26(34)37)32-25(36)16-4-6-17(7-5-16)40-28(31)41/h4-11,15,19,23,28,35H,12-13,41H2,1-3H3,(H,32,36)/t15?,19-,23-,28?/m0/s1. The summed E-state index contributed by atoms with van der Waals surface area (Å²) in [5, 5.41) is 12.4. The van der Waals surface area contributed by atoms with Crippen LogP contribution in [0.2, 0.25) is 0 Å². The van der Waals surface area contributed by atoms with Gasteiger partial charge in [-0.1, -0.05) is 9.24 Å². The average Bonchev–Trinajstić information content (AvgIpc) is 3.20. The lowest BCUT2D eigenvalue weighted by Gasteiger charge is -2.20. The second-order valence-corrected chi connectivity index (χ2v) is 10.2. The molecular weight excluding hydrogens is 562 g/mol. The van der Waals surface area contributed by atoms with E-state index in [4.69, 9.17) is 9.47 Å². The van der Waals surface area contributed by atoms with E-state index in [1.54, 1.807) is 13.0 Å². The molecule has 0 spiro atoms. The number of methoxy groups -OCH3 is 1. The summed E-state index contributed by atoms with van der Waals surface area (Å²) in [7, 11) is 3.07. The number of benzene rings is 2. The van der Waals surface area contributed by atoms with Gasteiger partial charge in [0.25, 0.3) is 11.5 Å². The number of carbonyl (C=O) groups is 2. The third kappa shape index (κ3) is 6.39. The van der Waals surface area contributed by atoms with Gasteiger partial charge in [0.2, 0.25) is 12.0 Å². The van der Waals surface area contributed by atoms with Crippen molar-refractivity contribution in [1.82, 2.24) is 9.88 Å². The van der Waals surface area contributed by atoms with Crippen LogP contribution in [0, 0.1) is 18.6 Å². The Bertz CT molecular complexity index is 1490. The molecule has 0 radical (unpaired) electrons. The maximum Gasteiger partial charge on any atom is 0.274 e. The van der Waals surface area contributed by atoms with Crippen molar-refractivity contribution in [2.24, 2.45) is 0 Å². The maximum absolute atomic E-state index is 15.3. The van der Waals surface area contributed by atoms with Gasteiger partial charge in [-0.15, -0.1) is 0 Å². The number of anilines is 1. The monoisotopic (exact) mass is 591 g/mol. The molecule has 4 rings (SSSR count). The first-order valence-electron chi connectivity index (χ1n) is 12.6. The molecule has 1 fully saturated rings. The number of alkyl halides is 1. The lowest BCUT2D eigenvalue weighted by molar-refractivity contribution is -0.118. The molecule has 2 N–H and O–H groups in total. The minimum atomic E-state index is -1.65. The second kappa shape index (κ2) is 12.3.